The number of hydrogen-bond acceptors (Lipinski definition) is 2. The van der Waals surface area contributed by atoms with Crippen LogP contribution in [0.5, 0.6) is 5.75 Å². The van der Waals surface area contributed by atoms with Gasteiger partial charge in [0.05, 0.1) is 5.92 Å². The van der Waals surface area contributed by atoms with Crippen molar-refractivity contribution in [2.45, 2.75) is 32.6 Å². The molecule has 3 aromatic carbocycles. The number of ether oxygens (including phenoxy) is 1. The lowest BCUT2D eigenvalue weighted by atomic mass is 9.88. The summed E-state index contributed by atoms with van der Waals surface area (Å²) >= 11 is 0. The van der Waals surface area contributed by atoms with Crippen LogP contribution < -0.4 is 4.74 Å². The molecule has 0 aromatic heterocycles. The molecule has 1 atom stereocenters. The van der Waals surface area contributed by atoms with E-state index in [4.69, 9.17) is 4.74 Å². The summed E-state index contributed by atoms with van der Waals surface area (Å²) in [6.07, 6.45) is 1.47. The van der Waals surface area contributed by atoms with Crippen molar-refractivity contribution in [1.82, 2.24) is 0 Å². The molecule has 136 valence electrons. The molecule has 2 nitrogen and oxygen atoms in total. The summed E-state index contributed by atoms with van der Waals surface area (Å²) < 4.78 is 19.5. The number of carbonyl (C=O) groups is 1. The number of aryl methyl sites for hydroxylation is 2. The second-order valence-corrected chi connectivity index (χ2v) is 7.03. The molecule has 0 spiro atoms. The lowest BCUT2D eigenvalue weighted by Gasteiger charge is -2.24. The molecule has 0 radical (unpaired) electrons. The molecule has 0 N–H and O–H groups in total. The highest BCUT2D eigenvalue weighted by Crippen LogP contribution is 2.36. The van der Waals surface area contributed by atoms with Crippen molar-refractivity contribution in [2.24, 2.45) is 0 Å². The van der Waals surface area contributed by atoms with Gasteiger partial charge < -0.3 is 4.74 Å². The standard InChI is InChI=1S/C24H21FO2/c1-3-16-5-8-17(9-6-16)18-10-12-19(13-11-18)21-14-20-7-4-15(2)22(25)23(20)27-24(21)26/h4-13,21H,3,14H2,1-2H3. The lowest BCUT2D eigenvalue weighted by Crippen LogP contribution is -2.26. The second kappa shape index (κ2) is 6.99. The van der Waals surface area contributed by atoms with Crippen LogP contribution in [0.2, 0.25) is 0 Å². The van der Waals surface area contributed by atoms with Crippen molar-refractivity contribution in [1.29, 1.82) is 0 Å². The third-order valence-corrected chi connectivity index (χ3v) is 5.29. The van der Waals surface area contributed by atoms with Crippen molar-refractivity contribution in [2.75, 3.05) is 0 Å². The molecule has 0 amide bonds. The Hall–Kier alpha value is -2.94. The molecule has 4 rings (SSSR count). The molecule has 0 fully saturated rings. The number of hydrogen-bond donors (Lipinski definition) is 0. The van der Waals surface area contributed by atoms with Crippen LogP contribution in [0.25, 0.3) is 11.1 Å². The minimum Gasteiger partial charge on any atom is -0.423 e. The molecule has 1 heterocycles. The van der Waals surface area contributed by atoms with Gasteiger partial charge in [-0.3, -0.25) is 4.79 Å². The van der Waals surface area contributed by atoms with Gasteiger partial charge in [-0.15, -0.1) is 0 Å². The molecule has 3 aromatic rings. The summed E-state index contributed by atoms with van der Waals surface area (Å²) in [4.78, 5) is 12.5. The van der Waals surface area contributed by atoms with E-state index in [1.165, 1.54) is 5.56 Å². The molecule has 3 heteroatoms. The molecular formula is C24H21FO2. The first-order valence-electron chi connectivity index (χ1n) is 9.25. The molecule has 0 aliphatic carbocycles. The van der Waals surface area contributed by atoms with Crippen LogP contribution in [-0.4, -0.2) is 5.97 Å². The van der Waals surface area contributed by atoms with Crippen LogP contribution in [0.15, 0.2) is 60.7 Å². The average molecular weight is 360 g/mol. The molecule has 1 aliphatic heterocycles. The van der Waals surface area contributed by atoms with E-state index in [1.807, 2.05) is 30.3 Å². The Morgan fingerprint density at radius 2 is 1.59 bits per heavy atom. The van der Waals surface area contributed by atoms with Gasteiger partial charge in [-0.25, -0.2) is 4.39 Å². The van der Waals surface area contributed by atoms with E-state index in [0.29, 0.717) is 12.0 Å². The maximum Gasteiger partial charge on any atom is 0.319 e. The van der Waals surface area contributed by atoms with Crippen LogP contribution in [0, 0.1) is 12.7 Å². The maximum absolute atomic E-state index is 14.2. The van der Waals surface area contributed by atoms with Gasteiger partial charge in [-0.05, 0) is 53.1 Å². The minimum absolute atomic E-state index is 0.0869. The molecule has 0 saturated heterocycles. The van der Waals surface area contributed by atoms with Gasteiger partial charge in [-0.1, -0.05) is 67.6 Å². The van der Waals surface area contributed by atoms with E-state index in [9.17, 15) is 9.18 Å². The van der Waals surface area contributed by atoms with E-state index in [1.54, 1.807) is 13.0 Å². The predicted octanol–water partition coefficient (Wildman–Crippen LogP) is 5.61. The fourth-order valence-electron chi connectivity index (χ4n) is 3.54. The zero-order chi connectivity index (χ0) is 19.0. The second-order valence-electron chi connectivity index (χ2n) is 7.03. The van der Waals surface area contributed by atoms with Crippen molar-refractivity contribution < 1.29 is 13.9 Å². The highest BCUT2D eigenvalue weighted by molar-refractivity contribution is 5.83. The van der Waals surface area contributed by atoms with Gasteiger partial charge in [0.1, 0.15) is 0 Å². The zero-order valence-corrected chi connectivity index (χ0v) is 15.5. The van der Waals surface area contributed by atoms with Crippen LogP contribution in [0.1, 0.15) is 35.1 Å². The highest BCUT2D eigenvalue weighted by atomic mass is 19.1. The number of fused-ring (bicyclic) bond motifs is 1. The fourth-order valence-corrected chi connectivity index (χ4v) is 3.54. The largest absolute Gasteiger partial charge is 0.423 e. The van der Waals surface area contributed by atoms with Gasteiger partial charge >= 0.3 is 5.97 Å². The first-order valence-corrected chi connectivity index (χ1v) is 9.25. The van der Waals surface area contributed by atoms with E-state index in [0.717, 1.165) is 28.7 Å². The van der Waals surface area contributed by atoms with E-state index < -0.39 is 17.7 Å². The van der Waals surface area contributed by atoms with Crippen molar-refractivity contribution >= 4 is 5.97 Å². The molecule has 27 heavy (non-hydrogen) atoms. The number of esters is 1. The lowest BCUT2D eigenvalue weighted by molar-refractivity contribution is -0.137. The average Bonchev–Trinajstić information content (AvgIpc) is 2.71. The summed E-state index contributed by atoms with van der Waals surface area (Å²) in [7, 11) is 0. The Morgan fingerprint density at radius 3 is 2.22 bits per heavy atom. The minimum atomic E-state index is -0.440. The third kappa shape index (κ3) is 3.25. The fraction of sp³-hybridized carbons (Fsp3) is 0.208. The van der Waals surface area contributed by atoms with E-state index in [-0.39, 0.29) is 5.75 Å². The molecule has 1 aliphatic rings. The summed E-state index contributed by atoms with van der Waals surface area (Å²) in [5.74, 6) is -1.16. The summed E-state index contributed by atoms with van der Waals surface area (Å²) in [5, 5.41) is 0. The first-order chi connectivity index (χ1) is 13.1. The van der Waals surface area contributed by atoms with Gasteiger partial charge in [0.2, 0.25) is 0 Å². The van der Waals surface area contributed by atoms with Crippen LogP contribution in [0.3, 0.4) is 0 Å². The normalized spacial score (nSPS) is 16.0. The van der Waals surface area contributed by atoms with Crippen molar-refractivity contribution in [3.05, 3.63) is 88.7 Å². The molecule has 0 saturated carbocycles. The van der Waals surface area contributed by atoms with Crippen molar-refractivity contribution in [3.63, 3.8) is 0 Å². The van der Waals surface area contributed by atoms with Gasteiger partial charge in [0.15, 0.2) is 11.6 Å². The van der Waals surface area contributed by atoms with Gasteiger partial charge in [-0.2, -0.15) is 0 Å². The molecular weight excluding hydrogens is 339 g/mol. The topological polar surface area (TPSA) is 26.3 Å². The Morgan fingerprint density at radius 1 is 0.963 bits per heavy atom. The summed E-state index contributed by atoms with van der Waals surface area (Å²) in [5.41, 5.74) is 5.67. The van der Waals surface area contributed by atoms with Crippen LogP contribution in [0.4, 0.5) is 4.39 Å². The maximum atomic E-state index is 14.2. The summed E-state index contributed by atoms with van der Waals surface area (Å²) in [6, 6.07) is 20.0. The Balaban J connectivity index is 1.60. The third-order valence-electron chi connectivity index (χ3n) is 5.29. The molecule has 0 bridgehead atoms. The SMILES string of the molecule is CCc1ccc(-c2ccc(C3Cc4ccc(C)c(F)c4OC3=O)cc2)cc1. The molecule has 1 unspecified atom stereocenters. The zero-order valence-electron chi connectivity index (χ0n) is 15.5. The van der Waals surface area contributed by atoms with E-state index in [2.05, 4.69) is 31.2 Å². The van der Waals surface area contributed by atoms with Crippen molar-refractivity contribution in [3.8, 4) is 16.9 Å². The van der Waals surface area contributed by atoms with Crippen LogP contribution in [-0.2, 0) is 17.6 Å². The Labute approximate surface area is 158 Å². The van der Waals surface area contributed by atoms with Gasteiger partial charge in [0, 0.05) is 0 Å². The predicted molar refractivity (Wildman–Crippen MR) is 104 cm³/mol. The smallest absolute Gasteiger partial charge is 0.319 e. The van der Waals surface area contributed by atoms with E-state index >= 15 is 0 Å². The highest BCUT2D eigenvalue weighted by Gasteiger charge is 2.32. The Kier molecular flexibility index (Phi) is 4.53. The monoisotopic (exact) mass is 360 g/mol. The number of halogens is 1. The number of carbonyl (C=O) groups excluding carboxylic acids is 1. The van der Waals surface area contributed by atoms with Crippen LogP contribution >= 0.6 is 0 Å². The Bertz CT molecular complexity index is 988. The summed E-state index contributed by atoms with van der Waals surface area (Å²) in [6.45, 7) is 3.81. The van der Waals surface area contributed by atoms with Gasteiger partial charge in [0.25, 0.3) is 0 Å². The quantitative estimate of drug-likeness (QED) is 0.448. The first kappa shape index (κ1) is 17.5. The number of rotatable bonds is 3. The number of benzene rings is 3.